The van der Waals surface area contributed by atoms with Crippen LogP contribution in [0.4, 0.5) is 23.7 Å². The van der Waals surface area contributed by atoms with E-state index in [1.165, 1.54) is 0 Å². The molecule has 1 aromatic carbocycles. The lowest BCUT2D eigenvalue weighted by molar-refractivity contribution is -0.137. The highest BCUT2D eigenvalue weighted by Crippen LogP contribution is 2.49. The summed E-state index contributed by atoms with van der Waals surface area (Å²) in [6.07, 6.45) is 1.18. The lowest BCUT2D eigenvalue weighted by atomic mass is 9.68. The first-order valence-corrected chi connectivity index (χ1v) is 11.0. The van der Waals surface area contributed by atoms with Crippen molar-refractivity contribution in [3.63, 3.8) is 0 Å². The minimum Gasteiger partial charge on any atom is -0.441 e. The third-order valence-electron chi connectivity index (χ3n) is 6.83. The number of carbonyl (C=O) groups excluding carboxylic acids is 1. The van der Waals surface area contributed by atoms with E-state index in [9.17, 15) is 23.2 Å². The molecule has 1 saturated carbocycles. The van der Waals surface area contributed by atoms with E-state index in [2.05, 4.69) is 23.0 Å². The van der Waals surface area contributed by atoms with Crippen molar-refractivity contribution in [2.24, 2.45) is 5.41 Å². The SMILES string of the molecule is C[C@]1(Cn2cnc3ccc(C#N)cc32)CCC[C@@]2(CN(c3cnccc3C(F)(F)F)C(=O)O2)C1. The van der Waals surface area contributed by atoms with Crippen LogP contribution in [0, 0.1) is 16.7 Å². The van der Waals surface area contributed by atoms with Crippen LogP contribution in [-0.4, -0.2) is 32.8 Å². The van der Waals surface area contributed by atoms with Crippen LogP contribution in [0.2, 0.25) is 0 Å². The molecular formula is C24H22F3N5O2. The second-order valence-electron chi connectivity index (χ2n) is 9.56. The van der Waals surface area contributed by atoms with Crippen molar-refractivity contribution >= 4 is 22.8 Å². The Balaban J connectivity index is 1.42. The predicted octanol–water partition coefficient (Wildman–Crippen LogP) is 5.30. The summed E-state index contributed by atoms with van der Waals surface area (Å²) in [4.78, 5) is 22.1. The molecule has 5 rings (SSSR count). The molecule has 1 saturated heterocycles. The number of benzene rings is 1. The van der Waals surface area contributed by atoms with Gasteiger partial charge >= 0.3 is 12.3 Å². The molecule has 1 aliphatic heterocycles. The zero-order chi connectivity index (χ0) is 24.1. The standard InChI is InChI=1S/C24H22F3N5O2/c1-22(13-31-15-30-18-4-3-16(10-28)9-19(18)31)6-2-7-23(12-22)14-32(21(33)34-23)20-11-29-8-5-17(20)24(25,26)27/h3-5,8-9,11,15H,2,6-7,12-14H2,1H3/t22-,23-/m0/s1. The number of hydrogen-bond acceptors (Lipinski definition) is 5. The molecule has 2 fully saturated rings. The first-order chi connectivity index (χ1) is 16.1. The summed E-state index contributed by atoms with van der Waals surface area (Å²) in [7, 11) is 0. The summed E-state index contributed by atoms with van der Waals surface area (Å²) in [6, 6.07) is 8.33. The van der Waals surface area contributed by atoms with Crippen molar-refractivity contribution < 1.29 is 22.7 Å². The van der Waals surface area contributed by atoms with Gasteiger partial charge in [0.15, 0.2) is 0 Å². The topological polar surface area (TPSA) is 84.0 Å². The smallest absolute Gasteiger partial charge is 0.418 e. The van der Waals surface area contributed by atoms with Gasteiger partial charge in [0, 0.05) is 12.7 Å². The van der Waals surface area contributed by atoms with Crippen molar-refractivity contribution in [2.45, 2.75) is 50.9 Å². The van der Waals surface area contributed by atoms with Crippen molar-refractivity contribution in [1.82, 2.24) is 14.5 Å². The fourth-order valence-electron chi connectivity index (χ4n) is 5.46. The van der Waals surface area contributed by atoms with Crippen molar-refractivity contribution in [3.05, 3.63) is 54.1 Å². The Morgan fingerprint density at radius 1 is 1.26 bits per heavy atom. The van der Waals surface area contributed by atoms with Crippen LogP contribution in [0.1, 0.15) is 43.7 Å². The average Bonchev–Trinajstić information content (AvgIpc) is 3.32. The Morgan fingerprint density at radius 2 is 2.09 bits per heavy atom. The highest BCUT2D eigenvalue weighted by atomic mass is 19.4. The molecule has 7 nitrogen and oxygen atoms in total. The molecule has 3 aromatic rings. The number of alkyl halides is 3. The molecule has 3 heterocycles. The Hall–Kier alpha value is -3.61. The Labute approximate surface area is 193 Å². The van der Waals surface area contributed by atoms with Gasteiger partial charge in [-0.15, -0.1) is 0 Å². The highest BCUT2D eigenvalue weighted by molar-refractivity contribution is 5.91. The van der Waals surface area contributed by atoms with Gasteiger partial charge in [0.2, 0.25) is 0 Å². The lowest BCUT2D eigenvalue weighted by Crippen LogP contribution is -2.45. The summed E-state index contributed by atoms with van der Waals surface area (Å²) in [6.45, 7) is 2.72. The second kappa shape index (κ2) is 7.72. The number of carbonyl (C=O) groups is 1. The van der Waals surface area contributed by atoms with E-state index < -0.39 is 23.4 Å². The Bertz CT molecular complexity index is 1310. The van der Waals surface area contributed by atoms with Crippen LogP contribution in [0.15, 0.2) is 43.0 Å². The number of nitrogens with zero attached hydrogens (tertiary/aromatic N) is 5. The molecule has 34 heavy (non-hydrogen) atoms. The van der Waals surface area contributed by atoms with Gasteiger partial charge in [0.1, 0.15) is 5.60 Å². The minimum absolute atomic E-state index is 0.0411. The normalized spacial score (nSPS) is 25.0. The van der Waals surface area contributed by atoms with E-state index in [-0.39, 0.29) is 17.6 Å². The molecule has 2 aliphatic rings. The zero-order valence-electron chi connectivity index (χ0n) is 18.5. The number of rotatable bonds is 3. The van der Waals surface area contributed by atoms with Gasteiger partial charge in [-0.05, 0) is 55.4 Å². The van der Waals surface area contributed by atoms with Gasteiger partial charge < -0.3 is 9.30 Å². The quantitative estimate of drug-likeness (QED) is 0.520. The monoisotopic (exact) mass is 469 g/mol. The summed E-state index contributed by atoms with van der Waals surface area (Å²) < 4.78 is 48.4. The fraction of sp³-hybridized carbons (Fsp3) is 0.417. The third kappa shape index (κ3) is 3.85. The number of amides is 1. The van der Waals surface area contributed by atoms with E-state index in [4.69, 9.17) is 4.74 Å². The van der Waals surface area contributed by atoms with E-state index in [0.29, 0.717) is 24.9 Å². The van der Waals surface area contributed by atoms with Gasteiger partial charge in [-0.25, -0.2) is 9.78 Å². The maximum absolute atomic E-state index is 13.5. The number of aromatic nitrogens is 3. The number of fused-ring (bicyclic) bond motifs is 1. The number of imidazole rings is 1. The first kappa shape index (κ1) is 22.2. The van der Waals surface area contributed by atoms with Crippen LogP contribution in [-0.2, 0) is 17.5 Å². The van der Waals surface area contributed by atoms with Crippen molar-refractivity contribution in [2.75, 3.05) is 11.4 Å². The maximum Gasteiger partial charge on any atom is 0.418 e. The van der Waals surface area contributed by atoms with E-state index >= 15 is 0 Å². The Morgan fingerprint density at radius 3 is 2.85 bits per heavy atom. The van der Waals surface area contributed by atoms with Crippen LogP contribution in [0.3, 0.4) is 0 Å². The third-order valence-corrected chi connectivity index (χ3v) is 6.83. The molecule has 0 radical (unpaired) electrons. The molecule has 1 amide bonds. The second-order valence-corrected chi connectivity index (χ2v) is 9.56. The van der Waals surface area contributed by atoms with E-state index in [0.717, 1.165) is 47.2 Å². The average molecular weight is 469 g/mol. The van der Waals surface area contributed by atoms with E-state index in [1.807, 2.05) is 4.57 Å². The van der Waals surface area contributed by atoms with Gasteiger partial charge in [0.25, 0.3) is 0 Å². The molecule has 2 aromatic heterocycles. The number of halogens is 3. The molecule has 0 unspecified atom stereocenters. The molecule has 1 spiro atoms. The first-order valence-electron chi connectivity index (χ1n) is 11.0. The number of ether oxygens (including phenoxy) is 1. The molecule has 1 aliphatic carbocycles. The molecule has 0 N–H and O–H groups in total. The van der Waals surface area contributed by atoms with Gasteiger partial charge in [-0.2, -0.15) is 18.4 Å². The van der Waals surface area contributed by atoms with Gasteiger partial charge in [-0.3, -0.25) is 9.88 Å². The van der Waals surface area contributed by atoms with Crippen LogP contribution in [0.5, 0.6) is 0 Å². The summed E-state index contributed by atoms with van der Waals surface area (Å²) in [5.41, 5.74) is -0.194. The summed E-state index contributed by atoms with van der Waals surface area (Å²) in [5, 5.41) is 9.24. The molecule has 10 heteroatoms. The minimum atomic E-state index is -4.61. The van der Waals surface area contributed by atoms with Gasteiger partial charge in [0.05, 0.1) is 53.0 Å². The van der Waals surface area contributed by atoms with E-state index in [1.54, 1.807) is 24.5 Å². The molecule has 176 valence electrons. The summed E-state index contributed by atoms with van der Waals surface area (Å²) in [5.74, 6) is 0. The van der Waals surface area contributed by atoms with Crippen LogP contribution < -0.4 is 4.90 Å². The molecule has 0 bridgehead atoms. The van der Waals surface area contributed by atoms with Crippen molar-refractivity contribution in [3.8, 4) is 6.07 Å². The predicted molar refractivity (Wildman–Crippen MR) is 117 cm³/mol. The number of pyridine rings is 1. The molecular weight excluding hydrogens is 447 g/mol. The number of hydrogen-bond donors (Lipinski definition) is 0. The number of anilines is 1. The lowest BCUT2D eigenvalue weighted by Gasteiger charge is -2.43. The highest BCUT2D eigenvalue weighted by Gasteiger charge is 2.53. The van der Waals surface area contributed by atoms with Crippen LogP contribution in [0.25, 0.3) is 11.0 Å². The largest absolute Gasteiger partial charge is 0.441 e. The Kier molecular flexibility index (Phi) is 5.04. The van der Waals surface area contributed by atoms with Crippen molar-refractivity contribution in [1.29, 1.82) is 5.26 Å². The maximum atomic E-state index is 13.5. The van der Waals surface area contributed by atoms with Gasteiger partial charge in [-0.1, -0.05) is 6.92 Å². The molecule has 2 atom stereocenters. The zero-order valence-corrected chi connectivity index (χ0v) is 18.5. The number of nitriles is 1. The van der Waals surface area contributed by atoms with Crippen LogP contribution >= 0.6 is 0 Å². The summed E-state index contributed by atoms with van der Waals surface area (Å²) >= 11 is 0. The fourth-order valence-corrected chi connectivity index (χ4v) is 5.46.